The van der Waals surface area contributed by atoms with Gasteiger partial charge >= 0.3 is 5.97 Å². The van der Waals surface area contributed by atoms with Crippen LogP contribution in [0, 0.1) is 0 Å². The fourth-order valence-corrected chi connectivity index (χ4v) is 3.31. The highest BCUT2D eigenvalue weighted by Crippen LogP contribution is 2.27. The first kappa shape index (κ1) is 14.1. The van der Waals surface area contributed by atoms with Crippen molar-refractivity contribution < 1.29 is 9.90 Å². The van der Waals surface area contributed by atoms with Crippen molar-refractivity contribution in [2.24, 2.45) is 0 Å². The number of rotatable bonds is 4. The fraction of sp³-hybridized carbons (Fsp3) is 0.471. The Balaban J connectivity index is 2.06. The molecule has 0 saturated carbocycles. The maximum absolute atomic E-state index is 11.2. The molecule has 0 aliphatic carbocycles. The van der Waals surface area contributed by atoms with Gasteiger partial charge < -0.3 is 9.67 Å². The highest BCUT2D eigenvalue weighted by molar-refractivity contribution is 5.93. The van der Waals surface area contributed by atoms with E-state index in [4.69, 9.17) is 0 Å². The Kier molecular flexibility index (Phi) is 3.72. The maximum atomic E-state index is 11.2. The van der Waals surface area contributed by atoms with Crippen LogP contribution in [0.3, 0.4) is 0 Å². The molecule has 1 saturated heterocycles. The van der Waals surface area contributed by atoms with E-state index in [0.29, 0.717) is 11.6 Å². The van der Waals surface area contributed by atoms with E-state index in [1.807, 2.05) is 6.07 Å². The molecule has 0 bridgehead atoms. The van der Waals surface area contributed by atoms with Gasteiger partial charge in [0.15, 0.2) is 0 Å². The first-order valence-corrected chi connectivity index (χ1v) is 7.66. The largest absolute Gasteiger partial charge is 0.478 e. The monoisotopic (exact) mass is 286 g/mol. The molecule has 21 heavy (non-hydrogen) atoms. The third-order valence-corrected chi connectivity index (χ3v) is 4.27. The number of aromatic carboxylic acids is 1. The summed E-state index contributed by atoms with van der Waals surface area (Å²) in [6, 6.07) is 7.94. The second kappa shape index (κ2) is 5.53. The van der Waals surface area contributed by atoms with E-state index in [2.05, 4.69) is 29.4 Å². The lowest BCUT2D eigenvalue weighted by Gasteiger charge is -2.19. The standard InChI is InChI=1S/C17H22N2O2/c1-12(2)19-15(11-18-7-3-4-8-18)9-13-5-6-14(17(20)21)10-16(13)19/h5-6,9-10,12H,3-4,7-8,11H2,1-2H3,(H,20,21). The highest BCUT2D eigenvalue weighted by atomic mass is 16.4. The van der Waals surface area contributed by atoms with Gasteiger partial charge in [-0.25, -0.2) is 4.79 Å². The minimum Gasteiger partial charge on any atom is -0.478 e. The minimum absolute atomic E-state index is 0.323. The summed E-state index contributed by atoms with van der Waals surface area (Å²) in [5, 5.41) is 10.3. The minimum atomic E-state index is -0.866. The number of hydrogen-bond donors (Lipinski definition) is 1. The van der Waals surface area contributed by atoms with Gasteiger partial charge in [0.1, 0.15) is 0 Å². The van der Waals surface area contributed by atoms with E-state index in [9.17, 15) is 9.90 Å². The summed E-state index contributed by atoms with van der Waals surface area (Å²) in [6.07, 6.45) is 2.57. The summed E-state index contributed by atoms with van der Waals surface area (Å²) in [4.78, 5) is 13.7. The van der Waals surface area contributed by atoms with Gasteiger partial charge in [-0.15, -0.1) is 0 Å². The number of nitrogens with zero attached hydrogens (tertiary/aromatic N) is 2. The molecule has 0 atom stereocenters. The first-order chi connectivity index (χ1) is 10.1. The zero-order chi connectivity index (χ0) is 15.0. The van der Waals surface area contributed by atoms with Crippen molar-refractivity contribution in [3.63, 3.8) is 0 Å². The molecule has 1 aromatic heterocycles. The lowest BCUT2D eigenvalue weighted by molar-refractivity contribution is 0.0697. The Labute approximate surface area is 125 Å². The quantitative estimate of drug-likeness (QED) is 0.935. The second-order valence-electron chi connectivity index (χ2n) is 6.16. The van der Waals surface area contributed by atoms with Crippen molar-refractivity contribution in [1.82, 2.24) is 9.47 Å². The molecule has 0 unspecified atom stereocenters. The zero-order valence-electron chi connectivity index (χ0n) is 12.7. The van der Waals surface area contributed by atoms with Gasteiger partial charge in [0.25, 0.3) is 0 Å². The predicted molar refractivity (Wildman–Crippen MR) is 83.8 cm³/mol. The van der Waals surface area contributed by atoms with Gasteiger partial charge in [0.2, 0.25) is 0 Å². The molecule has 1 fully saturated rings. The molecule has 2 aromatic rings. The third-order valence-electron chi connectivity index (χ3n) is 4.27. The normalized spacial score (nSPS) is 16.1. The Morgan fingerprint density at radius 2 is 1.95 bits per heavy atom. The fourth-order valence-electron chi connectivity index (χ4n) is 3.31. The Morgan fingerprint density at radius 1 is 1.24 bits per heavy atom. The number of carbonyl (C=O) groups is 1. The van der Waals surface area contributed by atoms with E-state index in [1.165, 1.54) is 31.6 Å². The van der Waals surface area contributed by atoms with E-state index >= 15 is 0 Å². The molecule has 2 heterocycles. The van der Waals surface area contributed by atoms with Crippen LogP contribution < -0.4 is 0 Å². The van der Waals surface area contributed by atoms with Crippen molar-refractivity contribution in [1.29, 1.82) is 0 Å². The maximum Gasteiger partial charge on any atom is 0.335 e. The summed E-state index contributed by atoms with van der Waals surface area (Å²) in [7, 11) is 0. The predicted octanol–water partition coefficient (Wildman–Crippen LogP) is 3.52. The molecule has 0 spiro atoms. The molecular formula is C17H22N2O2. The van der Waals surface area contributed by atoms with Crippen LogP contribution in [-0.2, 0) is 6.54 Å². The number of hydrogen-bond acceptors (Lipinski definition) is 2. The number of carboxylic acids is 1. The summed E-state index contributed by atoms with van der Waals surface area (Å²) in [5.74, 6) is -0.866. The van der Waals surface area contributed by atoms with Crippen LogP contribution in [0.5, 0.6) is 0 Å². The Bertz CT molecular complexity index is 667. The summed E-state index contributed by atoms with van der Waals surface area (Å²) in [6.45, 7) is 7.59. The molecule has 3 rings (SSSR count). The second-order valence-corrected chi connectivity index (χ2v) is 6.16. The van der Waals surface area contributed by atoms with Crippen molar-refractivity contribution in [3.8, 4) is 0 Å². The van der Waals surface area contributed by atoms with E-state index < -0.39 is 5.97 Å². The molecule has 4 nitrogen and oxygen atoms in total. The lowest BCUT2D eigenvalue weighted by Crippen LogP contribution is -2.21. The number of carboxylic acid groups (broad SMARTS) is 1. The summed E-state index contributed by atoms with van der Waals surface area (Å²) < 4.78 is 2.28. The van der Waals surface area contributed by atoms with E-state index in [1.54, 1.807) is 12.1 Å². The molecule has 1 aliphatic heterocycles. The van der Waals surface area contributed by atoms with Crippen molar-refractivity contribution in [3.05, 3.63) is 35.5 Å². The van der Waals surface area contributed by atoms with Crippen LogP contribution in [0.15, 0.2) is 24.3 Å². The van der Waals surface area contributed by atoms with Gasteiger partial charge in [-0.1, -0.05) is 6.07 Å². The summed E-state index contributed by atoms with van der Waals surface area (Å²) in [5.41, 5.74) is 2.67. The average molecular weight is 286 g/mol. The topological polar surface area (TPSA) is 45.5 Å². The van der Waals surface area contributed by atoms with Crippen molar-refractivity contribution in [2.45, 2.75) is 39.3 Å². The third kappa shape index (κ3) is 2.68. The van der Waals surface area contributed by atoms with Crippen molar-refractivity contribution >= 4 is 16.9 Å². The van der Waals surface area contributed by atoms with Gasteiger partial charge in [-0.2, -0.15) is 0 Å². The highest BCUT2D eigenvalue weighted by Gasteiger charge is 2.18. The van der Waals surface area contributed by atoms with Crippen LogP contribution in [0.1, 0.15) is 48.8 Å². The van der Waals surface area contributed by atoms with Crippen LogP contribution in [0.25, 0.3) is 10.9 Å². The van der Waals surface area contributed by atoms with Gasteiger partial charge in [-0.05, 0) is 63.4 Å². The number of benzene rings is 1. The van der Waals surface area contributed by atoms with Crippen LogP contribution in [0.2, 0.25) is 0 Å². The molecule has 1 aromatic carbocycles. The van der Waals surface area contributed by atoms with Gasteiger partial charge in [0.05, 0.1) is 5.56 Å². The number of fused-ring (bicyclic) bond motifs is 1. The first-order valence-electron chi connectivity index (χ1n) is 7.66. The average Bonchev–Trinajstić information content (AvgIpc) is 3.04. The molecule has 0 amide bonds. The molecule has 1 N–H and O–H groups in total. The Morgan fingerprint density at radius 3 is 2.57 bits per heavy atom. The van der Waals surface area contributed by atoms with E-state index in [-0.39, 0.29) is 0 Å². The zero-order valence-corrected chi connectivity index (χ0v) is 12.7. The smallest absolute Gasteiger partial charge is 0.335 e. The molecule has 1 aliphatic rings. The van der Waals surface area contributed by atoms with Gasteiger partial charge in [0, 0.05) is 23.8 Å². The lowest BCUT2D eigenvalue weighted by atomic mass is 10.1. The van der Waals surface area contributed by atoms with Gasteiger partial charge in [-0.3, -0.25) is 4.90 Å². The number of likely N-dealkylation sites (tertiary alicyclic amines) is 1. The van der Waals surface area contributed by atoms with Crippen LogP contribution in [-0.4, -0.2) is 33.6 Å². The molecule has 0 radical (unpaired) electrons. The van der Waals surface area contributed by atoms with E-state index in [0.717, 1.165) is 17.4 Å². The SMILES string of the molecule is CC(C)n1c(CN2CCCC2)cc2ccc(C(=O)O)cc21. The molecule has 112 valence electrons. The molecule has 4 heteroatoms. The van der Waals surface area contributed by atoms with Crippen LogP contribution >= 0.6 is 0 Å². The molecular weight excluding hydrogens is 264 g/mol. The van der Waals surface area contributed by atoms with Crippen LogP contribution in [0.4, 0.5) is 0 Å². The summed E-state index contributed by atoms with van der Waals surface area (Å²) >= 11 is 0. The Hall–Kier alpha value is -1.81. The number of aromatic nitrogens is 1. The van der Waals surface area contributed by atoms with Crippen molar-refractivity contribution in [2.75, 3.05) is 13.1 Å².